The van der Waals surface area contributed by atoms with Crippen LogP contribution in [0.1, 0.15) is 45.8 Å². The topological polar surface area (TPSA) is 116 Å². The van der Waals surface area contributed by atoms with Crippen LogP contribution in [0.25, 0.3) is 27.9 Å². The molecule has 0 bridgehead atoms. The molecule has 0 fully saturated rings. The molecule has 1 amide bonds. The number of benzene rings is 1. The molecule has 4 aromatic heterocycles. The number of hydrogen-bond acceptors (Lipinski definition) is 6. The second kappa shape index (κ2) is 8.80. The van der Waals surface area contributed by atoms with Gasteiger partial charge >= 0.3 is 0 Å². The summed E-state index contributed by atoms with van der Waals surface area (Å²) in [5, 5.41) is 3.93. The van der Waals surface area contributed by atoms with Crippen LogP contribution in [0.2, 0.25) is 5.15 Å². The highest BCUT2D eigenvalue weighted by Crippen LogP contribution is 2.33. The van der Waals surface area contributed by atoms with E-state index in [2.05, 4.69) is 15.3 Å². The molecule has 0 aliphatic rings. The Kier molecular flexibility index (Phi) is 5.76. The Morgan fingerprint density at radius 2 is 1.89 bits per heavy atom. The summed E-state index contributed by atoms with van der Waals surface area (Å²) >= 11 is 5.96. The summed E-state index contributed by atoms with van der Waals surface area (Å²) in [6.45, 7) is 7.53. The number of rotatable bonds is 5. The van der Waals surface area contributed by atoms with Crippen LogP contribution in [0.4, 0.5) is 5.69 Å². The molecule has 0 aliphatic carbocycles. The Labute approximate surface area is 211 Å². The van der Waals surface area contributed by atoms with E-state index in [9.17, 15) is 9.59 Å². The summed E-state index contributed by atoms with van der Waals surface area (Å²) in [5.74, 6) is -0.208. The van der Waals surface area contributed by atoms with Gasteiger partial charge in [0.05, 0.1) is 22.8 Å². The largest absolute Gasteiger partial charge is 0.455 e. The minimum atomic E-state index is -0.698. The molecule has 1 atom stereocenters. The van der Waals surface area contributed by atoms with E-state index >= 15 is 0 Å². The normalized spacial score (nSPS) is 12.2. The van der Waals surface area contributed by atoms with E-state index in [1.165, 1.54) is 0 Å². The molecule has 8 nitrogen and oxygen atoms in total. The summed E-state index contributed by atoms with van der Waals surface area (Å²) in [6.07, 6.45) is 3.82. The second-order valence-electron chi connectivity index (χ2n) is 8.94. The highest BCUT2D eigenvalue weighted by molar-refractivity contribution is 6.29. The average Bonchev–Trinajstić information content (AvgIpc) is 3.21. The van der Waals surface area contributed by atoms with Crippen LogP contribution in [-0.4, -0.2) is 20.3 Å². The second-order valence-corrected chi connectivity index (χ2v) is 9.33. The molecular weight excluding hydrogens is 478 g/mol. The SMILES string of the molecule is Cc1cc([C@@H](C)Nc2ccc(Cl)nc2C(N)=O)c2oc(-c3ccc4nc(C)cn4c3)c(C)c(=O)c2c1. The van der Waals surface area contributed by atoms with Gasteiger partial charge in [-0.25, -0.2) is 9.97 Å². The maximum absolute atomic E-state index is 13.5. The number of nitrogens with one attached hydrogen (secondary N) is 1. The highest BCUT2D eigenvalue weighted by Gasteiger charge is 2.21. The van der Waals surface area contributed by atoms with Crippen LogP contribution in [0.5, 0.6) is 0 Å². The Morgan fingerprint density at radius 1 is 1.11 bits per heavy atom. The maximum Gasteiger partial charge on any atom is 0.269 e. The monoisotopic (exact) mass is 501 g/mol. The van der Waals surface area contributed by atoms with Crippen LogP contribution >= 0.6 is 11.6 Å². The zero-order valence-electron chi connectivity index (χ0n) is 20.2. The van der Waals surface area contributed by atoms with Gasteiger partial charge in [-0.15, -0.1) is 0 Å². The lowest BCUT2D eigenvalue weighted by atomic mass is 9.99. The first kappa shape index (κ1) is 23.6. The molecule has 182 valence electrons. The van der Waals surface area contributed by atoms with Gasteiger partial charge < -0.3 is 19.9 Å². The predicted molar refractivity (Wildman–Crippen MR) is 141 cm³/mol. The smallest absolute Gasteiger partial charge is 0.269 e. The number of carbonyl (C=O) groups excluding carboxylic acids is 1. The molecule has 0 saturated heterocycles. The summed E-state index contributed by atoms with van der Waals surface area (Å²) in [6, 6.07) is 10.4. The predicted octanol–water partition coefficient (Wildman–Crippen LogP) is 5.35. The number of aromatic nitrogens is 3. The van der Waals surface area contributed by atoms with Crippen molar-refractivity contribution in [2.75, 3.05) is 5.32 Å². The molecule has 9 heteroatoms. The van der Waals surface area contributed by atoms with Crippen molar-refractivity contribution in [2.45, 2.75) is 33.7 Å². The van der Waals surface area contributed by atoms with Crippen molar-refractivity contribution in [3.05, 3.63) is 92.2 Å². The molecular formula is C27H24ClN5O3. The minimum absolute atomic E-state index is 0.0354. The van der Waals surface area contributed by atoms with Gasteiger partial charge in [0.25, 0.3) is 5.91 Å². The zero-order valence-corrected chi connectivity index (χ0v) is 21.0. The fraction of sp³-hybridized carbons (Fsp3) is 0.185. The number of nitrogens with two attached hydrogens (primary N) is 1. The number of aryl methyl sites for hydroxylation is 2. The first-order valence-corrected chi connectivity index (χ1v) is 11.8. The van der Waals surface area contributed by atoms with E-state index in [1.807, 2.05) is 61.8 Å². The fourth-order valence-corrected chi connectivity index (χ4v) is 4.62. The number of carbonyl (C=O) groups is 1. The van der Waals surface area contributed by atoms with Crippen molar-refractivity contribution >= 4 is 39.8 Å². The van der Waals surface area contributed by atoms with Crippen molar-refractivity contribution in [1.29, 1.82) is 0 Å². The van der Waals surface area contributed by atoms with Gasteiger partial charge in [-0.3, -0.25) is 9.59 Å². The molecule has 36 heavy (non-hydrogen) atoms. The molecule has 0 aliphatic heterocycles. The number of anilines is 1. The molecule has 5 rings (SSSR count). The Morgan fingerprint density at radius 3 is 2.64 bits per heavy atom. The summed E-state index contributed by atoms with van der Waals surface area (Å²) in [7, 11) is 0. The molecule has 1 aromatic carbocycles. The number of fused-ring (bicyclic) bond motifs is 2. The third-order valence-electron chi connectivity index (χ3n) is 6.16. The Hall–Kier alpha value is -4.17. The van der Waals surface area contributed by atoms with Crippen LogP contribution in [0.3, 0.4) is 0 Å². The molecule has 0 unspecified atom stereocenters. The van der Waals surface area contributed by atoms with Crippen LogP contribution < -0.4 is 16.5 Å². The molecule has 3 N–H and O–H groups in total. The Bertz CT molecular complexity index is 1740. The third kappa shape index (κ3) is 4.09. The van der Waals surface area contributed by atoms with E-state index < -0.39 is 5.91 Å². The summed E-state index contributed by atoms with van der Waals surface area (Å²) in [4.78, 5) is 33.9. The number of imidazole rings is 1. The zero-order chi connectivity index (χ0) is 25.7. The van der Waals surface area contributed by atoms with Gasteiger partial charge in [-0.2, -0.15) is 0 Å². The molecule has 0 saturated carbocycles. The lowest BCUT2D eigenvalue weighted by molar-refractivity contribution is 0.0996. The minimum Gasteiger partial charge on any atom is -0.455 e. The molecule has 4 heterocycles. The van der Waals surface area contributed by atoms with Gasteiger partial charge in [0.2, 0.25) is 0 Å². The van der Waals surface area contributed by atoms with Crippen molar-refractivity contribution in [2.24, 2.45) is 5.73 Å². The van der Waals surface area contributed by atoms with Gasteiger partial charge in [0, 0.05) is 29.1 Å². The lowest BCUT2D eigenvalue weighted by Gasteiger charge is -2.20. The molecule has 0 spiro atoms. The number of halogens is 1. The number of hydrogen-bond donors (Lipinski definition) is 2. The van der Waals surface area contributed by atoms with E-state index in [-0.39, 0.29) is 22.3 Å². The highest BCUT2D eigenvalue weighted by atomic mass is 35.5. The fourth-order valence-electron chi connectivity index (χ4n) is 4.47. The van der Waals surface area contributed by atoms with E-state index in [4.69, 9.17) is 21.8 Å². The van der Waals surface area contributed by atoms with Gasteiger partial charge in [0.15, 0.2) is 11.1 Å². The number of primary amides is 1. The first-order valence-electron chi connectivity index (χ1n) is 11.4. The number of pyridine rings is 2. The van der Waals surface area contributed by atoms with Gasteiger partial charge in [0.1, 0.15) is 22.1 Å². The van der Waals surface area contributed by atoms with Gasteiger partial charge in [-0.1, -0.05) is 17.7 Å². The van der Waals surface area contributed by atoms with E-state index in [1.54, 1.807) is 19.1 Å². The van der Waals surface area contributed by atoms with Crippen molar-refractivity contribution in [3.63, 3.8) is 0 Å². The van der Waals surface area contributed by atoms with Crippen LogP contribution in [0, 0.1) is 20.8 Å². The molecule has 0 radical (unpaired) electrons. The van der Waals surface area contributed by atoms with E-state index in [0.29, 0.717) is 28.0 Å². The van der Waals surface area contributed by atoms with E-state index in [0.717, 1.165) is 28.0 Å². The van der Waals surface area contributed by atoms with Crippen molar-refractivity contribution in [3.8, 4) is 11.3 Å². The van der Waals surface area contributed by atoms with Gasteiger partial charge in [-0.05, 0) is 63.6 Å². The van der Waals surface area contributed by atoms with Crippen molar-refractivity contribution < 1.29 is 9.21 Å². The summed E-state index contributed by atoms with van der Waals surface area (Å²) < 4.78 is 8.37. The summed E-state index contributed by atoms with van der Waals surface area (Å²) in [5.41, 5.74) is 11.0. The first-order chi connectivity index (χ1) is 17.1. The van der Waals surface area contributed by atoms with Crippen LogP contribution in [-0.2, 0) is 0 Å². The standard InChI is InChI=1S/C27H24ClN5O3/c1-13-9-18(16(4)31-20-6-7-21(28)32-23(20)27(29)35)26-19(10-13)24(34)15(3)25(36-26)17-5-8-22-30-14(2)11-33(22)12-17/h5-12,16,31H,1-4H3,(H2,29,35)/t16-/m1/s1. The maximum atomic E-state index is 13.5. The number of nitrogens with zero attached hydrogens (tertiary/aromatic N) is 3. The quantitative estimate of drug-likeness (QED) is 0.313. The van der Waals surface area contributed by atoms with Crippen LogP contribution in [0.15, 0.2) is 58.0 Å². The number of amides is 1. The lowest BCUT2D eigenvalue weighted by Crippen LogP contribution is -2.18. The van der Waals surface area contributed by atoms with Crippen molar-refractivity contribution in [1.82, 2.24) is 14.4 Å². The molecule has 5 aromatic rings. The average molecular weight is 502 g/mol. The third-order valence-corrected chi connectivity index (χ3v) is 6.37. The Balaban J connectivity index is 1.67.